The van der Waals surface area contributed by atoms with E-state index in [0.29, 0.717) is 17.1 Å². The summed E-state index contributed by atoms with van der Waals surface area (Å²) in [4.78, 5) is 28.9. The number of rotatable bonds is 11. The molecule has 0 bridgehead atoms. The molecule has 1 aliphatic carbocycles. The largest absolute Gasteiger partial charge is 0.352 e. The van der Waals surface area contributed by atoms with Gasteiger partial charge < -0.3 is 10.2 Å². The van der Waals surface area contributed by atoms with E-state index in [1.807, 2.05) is 37.3 Å². The summed E-state index contributed by atoms with van der Waals surface area (Å²) in [5.74, 6) is -0.675. The molecule has 4 rings (SSSR count). The number of hydrogen-bond acceptors (Lipinski definition) is 4. The molecule has 1 N–H and O–H groups in total. The summed E-state index contributed by atoms with van der Waals surface area (Å²) in [5, 5.41) is 3.54. The summed E-state index contributed by atoms with van der Waals surface area (Å²) in [6, 6.07) is 21.9. The summed E-state index contributed by atoms with van der Waals surface area (Å²) >= 11 is 6.01. The van der Waals surface area contributed by atoms with E-state index in [0.717, 1.165) is 41.1 Å². The van der Waals surface area contributed by atoms with Gasteiger partial charge in [0.15, 0.2) is 0 Å². The zero-order chi connectivity index (χ0) is 29.4. The second-order valence-electron chi connectivity index (χ2n) is 10.6. The number of anilines is 1. The fourth-order valence-electron chi connectivity index (χ4n) is 5.11. The molecule has 218 valence electrons. The number of amides is 2. The van der Waals surface area contributed by atoms with Crippen molar-refractivity contribution in [3.05, 3.63) is 95.0 Å². The topological polar surface area (TPSA) is 86.8 Å². The maximum atomic E-state index is 14.0. The Morgan fingerprint density at radius 1 is 0.927 bits per heavy atom. The van der Waals surface area contributed by atoms with Crippen LogP contribution in [0.4, 0.5) is 5.69 Å². The third-order valence-electron chi connectivity index (χ3n) is 7.61. The lowest BCUT2D eigenvalue weighted by Gasteiger charge is -2.33. The summed E-state index contributed by atoms with van der Waals surface area (Å²) in [6.07, 6.45) is 5.70. The molecular formula is C32H38ClN3O4S. The highest BCUT2D eigenvalue weighted by molar-refractivity contribution is 7.92. The average Bonchev–Trinajstić information content (AvgIpc) is 2.97. The highest BCUT2D eigenvalue weighted by Gasteiger charge is 2.33. The standard InChI is InChI=1S/C32H38ClN3O4S/c1-24-13-17-29(18-14-24)36(41(39,40)30-19-15-27(33)16-20-30)23-31(37)35(22-21-26-9-5-3-6-10-26)25(2)32(38)34-28-11-7-4-8-12-28/h3,5-6,9-10,13-20,25,28H,4,7-8,11-12,21-23H2,1-2H3,(H,34,38)/t25-/m1/s1. The molecule has 1 fully saturated rings. The normalized spacial score (nSPS) is 14.7. The van der Waals surface area contributed by atoms with E-state index < -0.39 is 28.5 Å². The minimum atomic E-state index is -4.12. The van der Waals surface area contributed by atoms with Gasteiger partial charge >= 0.3 is 0 Å². The van der Waals surface area contributed by atoms with Crippen LogP contribution in [-0.2, 0) is 26.0 Å². The van der Waals surface area contributed by atoms with Gasteiger partial charge in [0.2, 0.25) is 11.8 Å². The van der Waals surface area contributed by atoms with Gasteiger partial charge in [-0.15, -0.1) is 0 Å². The molecule has 0 aromatic heterocycles. The molecule has 0 heterocycles. The number of hydrogen-bond donors (Lipinski definition) is 1. The number of aryl methyl sites for hydroxylation is 1. The van der Waals surface area contributed by atoms with Crippen LogP contribution in [0.25, 0.3) is 0 Å². The summed E-state index contributed by atoms with van der Waals surface area (Å²) in [6.45, 7) is 3.44. The third-order valence-corrected chi connectivity index (χ3v) is 9.65. The number of carbonyl (C=O) groups is 2. The van der Waals surface area contributed by atoms with Gasteiger partial charge in [-0.1, -0.05) is 78.9 Å². The lowest BCUT2D eigenvalue weighted by molar-refractivity contribution is -0.139. The predicted octanol–water partition coefficient (Wildman–Crippen LogP) is 5.75. The average molecular weight is 596 g/mol. The van der Waals surface area contributed by atoms with E-state index in [-0.39, 0.29) is 23.4 Å². The molecule has 1 atom stereocenters. The molecule has 3 aromatic rings. The van der Waals surface area contributed by atoms with Crippen LogP contribution >= 0.6 is 11.6 Å². The van der Waals surface area contributed by atoms with Crippen molar-refractivity contribution in [1.29, 1.82) is 0 Å². The number of carbonyl (C=O) groups excluding carboxylic acids is 2. The zero-order valence-electron chi connectivity index (χ0n) is 23.6. The van der Waals surface area contributed by atoms with Crippen molar-refractivity contribution in [2.24, 2.45) is 0 Å². The monoisotopic (exact) mass is 595 g/mol. The van der Waals surface area contributed by atoms with Crippen LogP contribution in [0.1, 0.15) is 50.2 Å². The molecule has 0 spiro atoms. The van der Waals surface area contributed by atoms with E-state index >= 15 is 0 Å². The quantitative estimate of drug-likeness (QED) is 0.306. The first kappa shape index (κ1) is 30.6. The van der Waals surface area contributed by atoms with Crippen LogP contribution < -0.4 is 9.62 Å². The van der Waals surface area contributed by atoms with Crippen molar-refractivity contribution in [2.45, 2.75) is 69.4 Å². The molecule has 1 aliphatic rings. The molecule has 0 aliphatic heterocycles. The highest BCUT2D eigenvalue weighted by atomic mass is 35.5. The number of sulfonamides is 1. The van der Waals surface area contributed by atoms with E-state index in [9.17, 15) is 18.0 Å². The lowest BCUT2D eigenvalue weighted by Crippen LogP contribution is -2.53. The Morgan fingerprint density at radius 3 is 2.20 bits per heavy atom. The fraction of sp³-hybridized carbons (Fsp3) is 0.375. The molecule has 0 unspecified atom stereocenters. The fourth-order valence-corrected chi connectivity index (χ4v) is 6.65. The van der Waals surface area contributed by atoms with Crippen molar-refractivity contribution >= 4 is 39.1 Å². The Balaban J connectivity index is 1.63. The first-order chi connectivity index (χ1) is 19.6. The summed E-state index contributed by atoms with van der Waals surface area (Å²) in [7, 11) is -4.12. The number of halogens is 1. The van der Waals surface area contributed by atoms with Gasteiger partial charge in [-0.2, -0.15) is 0 Å². The van der Waals surface area contributed by atoms with Crippen molar-refractivity contribution < 1.29 is 18.0 Å². The van der Waals surface area contributed by atoms with Gasteiger partial charge in [0.25, 0.3) is 10.0 Å². The van der Waals surface area contributed by atoms with Gasteiger partial charge in [0.1, 0.15) is 12.6 Å². The van der Waals surface area contributed by atoms with Crippen LogP contribution in [0.5, 0.6) is 0 Å². The van der Waals surface area contributed by atoms with Crippen LogP contribution in [-0.4, -0.2) is 50.3 Å². The number of nitrogens with zero attached hydrogens (tertiary/aromatic N) is 2. The first-order valence-electron chi connectivity index (χ1n) is 14.1. The van der Waals surface area contributed by atoms with Gasteiger partial charge in [-0.05, 0) is 75.1 Å². The minimum absolute atomic E-state index is 0.0224. The second-order valence-corrected chi connectivity index (χ2v) is 12.9. The SMILES string of the molecule is Cc1ccc(N(CC(=O)N(CCc2ccccc2)[C@H](C)C(=O)NC2CCCCC2)S(=O)(=O)c2ccc(Cl)cc2)cc1. The van der Waals surface area contributed by atoms with Crippen LogP contribution in [0.2, 0.25) is 5.02 Å². The Bertz CT molecular complexity index is 1410. The molecule has 7 nitrogen and oxygen atoms in total. The number of nitrogens with one attached hydrogen (secondary N) is 1. The predicted molar refractivity (Wildman–Crippen MR) is 163 cm³/mol. The van der Waals surface area contributed by atoms with Crippen LogP contribution in [0.15, 0.2) is 83.8 Å². The van der Waals surface area contributed by atoms with Crippen molar-refractivity contribution in [3.8, 4) is 0 Å². The second kappa shape index (κ2) is 14.0. The molecule has 3 aromatic carbocycles. The molecular weight excluding hydrogens is 558 g/mol. The molecule has 9 heteroatoms. The van der Waals surface area contributed by atoms with E-state index in [1.54, 1.807) is 31.2 Å². The van der Waals surface area contributed by atoms with E-state index in [4.69, 9.17) is 11.6 Å². The molecule has 2 amide bonds. The van der Waals surface area contributed by atoms with Crippen LogP contribution in [0.3, 0.4) is 0 Å². The Labute approximate surface area is 248 Å². The van der Waals surface area contributed by atoms with Gasteiger partial charge in [-0.3, -0.25) is 13.9 Å². The van der Waals surface area contributed by atoms with Gasteiger partial charge in [0, 0.05) is 17.6 Å². The van der Waals surface area contributed by atoms with Crippen molar-refractivity contribution in [3.63, 3.8) is 0 Å². The maximum Gasteiger partial charge on any atom is 0.264 e. The number of benzene rings is 3. The van der Waals surface area contributed by atoms with Crippen molar-refractivity contribution in [2.75, 3.05) is 17.4 Å². The molecule has 1 saturated carbocycles. The maximum absolute atomic E-state index is 14.0. The Morgan fingerprint density at radius 2 is 1.56 bits per heavy atom. The van der Waals surface area contributed by atoms with Gasteiger partial charge in [0.05, 0.1) is 10.6 Å². The molecule has 0 saturated heterocycles. The smallest absolute Gasteiger partial charge is 0.264 e. The molecule has 41 heavy (non-hydrogen) atoms. The first-order valence-corrected chi connectivity index (χ1v) is 16.0. The summed E-state index contributed by atoms with van der Waals surface area (Å²) in [5.41, 5.74) is 2.34. The third kappa shape index (κ3) is 8.11. The Hall–Kier alpha value is -3.36. The van der Waals surface area contributed by atoms with Crippen molar-refractivity contribution in [1.82, 2.24) is 10.2 Å². The molecule has 0 radical (unpaired) electrons. The lowest BCUT2D eigenvalue weighted by atomic mass is 9.95. The van der Waals surface area contributed by atoms with Gasteiger partial charge in [-0.25, -0.2) is 8.42 Å². The van der Waals surface area contributed by atoms with E-state index in [1.165, 1.54) is 35.6 Å². The van der Waals surface area contributed by atoms with E-state index in [2.05, 4.69) is 5.32 Å². The van der Waals surface area contributed by atoms with Crippen LogP contribution in [0, 0.1) is 6.92 Å². The Kier molecular flexibility index (Phi) is 10.5. The highest BCUT2D eigenvalue weighted by Crippen LogP contribution is 2.26. The zero-order valence-corrected chi connectivity index (χ0v) is 25.2. The minimum Gasteiger partial charge on any atom is -0.352 e. The summed E-state index contributed by atoms with van der Waals surface area (Å²) < 4.78 is 28.8.